The minimum absolute atomic E-state index is 0.194. The van der Waals surface area contributed by atoms with Gasteiger partial charge in [-0.25, -0.2) is 0 Å². The molecule has 0 radical (unpaired) electrons. The van der Waals surface area contributed by atoms with Gasteiger partial charge in [-0.15, -0.1) is 0 Å². The van der Waals surface area contributed by atoms with Gasteiger partial charge in [-0.3, -0.25) is 0 Å². The predicted octanol–water partition coefficient (Wildman–Crippen LogP) is 7.47. The Kier molecular flexibility index (Phi) is 9.62. The van der Waals surface area contributed by atoms with E-state index in [1.807, 2.05) is 97.9 Å². The van der Waals surface area contributed by atoms with Gasteiger partial charge < -0.3 is 28.8 Å². The smallest absolute Gasteiger partial charge is 0.225 e. The van der Waals surface area contributed by atoms with Crippen LogP contribution in [0.3, 0.4) is 0 Å². The summed E-state index contributed by atoms with van der Waals surface area (Å²) in [5.41, 5.74) is 3.88. The summed E-state index contributed by atoms with van der Waals surface area (Å²) in [6, 6.07) is 34.0. The Morgan fingerprint density at radius 1 is 0.867 bits per heavy atom. The average Bonchev–Trinajstić information content (AvgIpc) is 3.44. The van der Waals surface area contributed by atoms with Crippen LogP contribution >= 0.6 is 11.6 Å². The highest BCUT2D eigenvalue weighted by molar-refractivity contribution is 6.31. The van der Waals surface area contributed by atoms with Crippen LogP contribution in [0, 0.1) is 5.92 Å². The first-order valence-electron chi connectivity index (χ1n) is 15.7. The third-order valence-electron chi connectivity index (χ3n) is 9.13. The first-order chi connectivity index (χ1) is 21.8. The molecule has 6 rings (SSSR count). The van der Waals surface area contributed by atoms with Crippen molar-refractivity contribution in [3.05, 3.63) is 136 Å². The van der Waals surface area contributed by atoms with E-state index >= 15 is 0 Å². The number of aliphatic hydroxyl groups is 1. The molecule has 4 aromatic rings. The van der Waals surface area contributed by atoms with Crippen LogP contribution in [-0.2, 0) is 44.4 Å². The third kappa shape index (κ3) is 6.41. The summed E-state index contributed by atoms with van der Waals surface area (Å²) >= 11 is 6.79. The molecule has 2 aliphatic rings. The number of aliphatic hydroxyl groups excluding tert-OH is 1. The van der Waals surface area contributed by atoms with E-state index in [0.29, 0.717) is 31.3 Å². The highest BCUT2D eigenvalue weighted by Gasteiger charge is 2.69. The van der Waals surface area contributed by atoms with Gasteiger partial charge >= 0.3 is 0 Å². The quantitative estimate of drug-likeness (QED) is 0.176. The zero-order valence-electron chi connectivity index (χ0n) is 26.0. The summed E-state index contributed by atoms with van der Waals surface area (Å²) < 4.78 is 32.8. The van der Waals surface area contributed by atoms with Gasteiger partial charge in [-0.2, -0.15) is 0 Å². The van der Waals surface area contributed by atoms with E-state index in [2.05, 4.69) is 19.1 Å². The summed E-state index contributed by atoms with van der Waals surface area (Å²) in [6.07, 6.45) is -1.31. The Morgan fingerprint density at radius 2 is 1.51 bits per heavy atom. The van der Waals surface area contributed by atoms with Gasteiger partial charge in [0, 0.05) is 16.5 Å². The van der Waals surface area contributed by atoms with Crippen LogP contribution in [0.5, 0.6) is 5.75 Å². The second kappa shape index (κ2) is 13.6. The van der Waals surface area contributed by atoms with Gasteiger partial charge in [-0.1, -0.05) is 97.4 Å². The lowest BCUT2D eigenvalue weighted by molar-refractivity contribution is -0.343. The number of hydrogen-bond donors (Lipinski definition) is 1. The maximum absolute atomic E-state index is 11.2. The molecule has 1 N–H and O–H groups in total. The lowest BCUT2D eigenvalue weighted by atomic mass is 9.75. The molecule has 0 unspecified atom stereocenters. The Labute approximate surface area is 270 Å². The maximum atomic E-state index is 11.2. The molecule has 0 aromatic heterocycles. The Balaban J connectivity index is 1.39. The third-order valence-corrected chi connectivity index (χ3v) is 9.50. The van der Waals surface area contributed by atoms with Gasteiger partial charge in [0.05, 0.1) is 38.6 Å². The molecule has 0 saturated carbocycles. The minimum Gasteiger partial charge on any atom is -0.494 e. The van der Waals surface area contributed by atoms with Crippen LogP contribution in [0.15, 0.2) is 103 Å². The first kappa shape index (κ1) is 31.7. The molecule has 2 aliphatic heterocycles. The molecular weight excluding hydrogens is 588 g/mol. The van der Waals surface area contributed by atoms with E-state index in [1.165, 1.54) is 0 Å². The minimum atomic E-state index is -1.34. The standard InChI is InChI=1S/C38H41ClO6/c1-4-41-33-18-15-28(16-19-33)21-31-22-32(17-20-34(31)39)38-36(43-24-30-13-9-6-10-14-30)35(42-23-29-11-7-5-8-12-29)26(2)37(45-38,25-44-38)27(3)40/h5-20,22,26-27,35-36,40H,4,21,23-25H2,1-3H3/t26-,27+,35-,36+,37-,38-/m0/s1. The summed E-state index contributed by atoms with van der Waals surface area (Å²) in [6.45, 7) is 7.32. The van der Waals surface area contributed by atoms with E-state index in [4.69, 9.17) is 35.3 Å². The fourth-order valence-electron chi connectivity index (χ4n) is 6.56. The van der Waals surface area contributed by atoms with E-state index < -0.39 is 29.7 Å². The topological polar surface area (TPSA) is 66.4 Å². The molecule has 2 heterocycles. The van der Waals surface area contributed by atoms with E-state index in [9.17, 15) is 5.11 Å². The molecule has 0 spiro atoms. The van der Waals surface area contributed by atoms with Crippen LogP contribution in [0.2, 0.25) is 5.02 Å². The first-order valence-corrected chi connectivity index (χ1v) is 16.1. The van der Waals surface area contributed by atoms with Crippen molar-refractivity contribution in [2.75, 3.05) is 13.2 Å². The van der Waals surface area contributed by atoms with Crippen molar-refractivity contribution in [2.45, 2.75) is 70.1 Å². The average molecular weight is 629 g/mol. The number of fused-ring (bicyclic) bond motifs is 2. The SMILES string of the molecule is CCOc1ccc(Cc2cc([C@]34OC[C@]([C@@H](C)O)(O3)[C@@H](C)[C@H](OCc3ccccc3)[C@H]4OCc3ccccc3)ccc2Cl)cc1. The molecule has 2 bridgehead atoms. The number of rotatable bonds is 12. The van der Waals surface area contributed by atoms with Crippen molar-refractivity contribution in [3.8, 4) is 5.75 Å². The van der Waals surface area contributed by atoms with E-state index in [-0.39, 0.29) is 12.5 Å². The second-order valence-corrected chi connectivity index (χ2v) is 12.4. The lowest BCUT2D eigenvalue weighted by Gasteiger charge is -2.51. The number of ether oxygens (including phenoxy) is 5. The van der Waals surface area contributed by atoms with Crippen LogP contribution in [-0.4, -0.2) is 42.2 Å². The van der Waals surface area contributed by atoms with Crippen LogP contribution in [0.1, 0.15) is 48.6 Å². The Hall–Kier alpha value is -3.23. The normalized spacial score (nSPS) is 26.5. The fourth-order valence-corrected chi connectivity index (χ4v) is 6.74. The lowest BCUT2D eigenvalue weighted by Crippen LogP contribution is -2.65. The van der Waals surface area contributed by atoms with Gasteiger partial charge in [0.2, 0.25) is 5.79 Å². The van der Waals surface area contributed by atoms with Crippen LogP contribution in [0.25, 0.3) is 0 Å². The molecule has 0 amide bonds. The van der Waals surface area contributed by atoms with Crippen LogP contribution < -0.4 is 4.74 Å². The highest BCUT2D eigenvalue weighted by atomic mass is 35.5. The molecule has 4 aromatic carbocycles. The second-order valence-electron chi connectivity index (χ2n) is 12.0. The summed E-state index contributed by atoms with van der Waals surface area (Å²) in [7, 11) is 0. The van der Waals surface area contributed by atoms with E-state index in [0.717, 1.165) is 33.6 Å². The zero-order chi connectivity index (χ0) is 31.4. The molecule has 2 fully saturated rings. The monoisotopic (exact) mass is 628 g/mol. The predicted molar refractivity (Wildman–Crippen MR) is 174 cm³/mol. The fraction of sp³-hybridized carbons (Fsp3) is 0.368. The van der Waals surface area contributed by atoms with Crippen molar-refractivity contribution >= 4 is 11.6 Å². The van der Waals surface area contributed by atoms with Crippen molar-refractivity contribution in [3.63, 3.8) is 0 Å². The van der Waals surface area contributed by atoms with E-state index in [1.54, 1.807) is 6.92 Å². The molecule has 2 saturated heterocycles. The molecule has 6 nitrogen and oxygen atoms in total. The highest BCUT2D eigenvalue weighted by Crippen LogP contribution is 2.55. The summed E-state index contributed by atoms with van der Waals surface area (Å²) in [5, 5.41) is 11.8. The van der Waals surface area contributed by atoms with Crippen molar-refractivity contribution in [1.29, 1.82) is 0 Å². The Bertz CT molecular complexity index is 1550. The van der Waals surface area contributed by atoms with Gasteiger partial charge in [-0.05, 0) is 66.8 Å². The number of benzene rings is 4. The van der Waals surface area contributed by atoms with Gasteiger partial charge in [0.1, 0.15) is 17.5 Å². The summed E-state index contributed by atoms with van der Waals surface area (Å²) in [4.78, 5) is 0. The van der Waals surface area contributed by atoms with Gasteiger partial charge in [0.25, 0.3) is 0 Å². The molecule has 6 atom stereocenters. The zero-order valence-corrected chi connectivity index (χ0v) is 26.8. The molecule has 236 valence electrons. The molecule has 0 aliphatic carbocycles. The summed E-state index contributed by atoms with van der Waals surface area (Å²) in [5.74, 6) is -0.746. The largest absolute Gasteiger partial charge is 0.494 e. The van der Waals surface area contributed by atoms with Crippen molar-refractivity contribution < 1.29 is 28.8 Å². The number of halogens is 1. The Morgan fingerprint density at radius 3 is 2.13 bits per heavy atom. The molecular formula is C38H41ClO6. The molecule has 45 heavy (non-hydrogen) atoms. The van der Waals surface area contributed by atoms with Crippen molar-refractivity contribution in [1.82, 2.24) is 0 Å². The van der Waals surface area contributed by atoms with Gasteiger partial charge in [0.15, 0.2) is 0 Å². The maximum Gasteiger partial charge on any atom is 0.225 e. The van der Waals surface area contributed by atoms with Crippen molar-refractivity contribution in [2.24, 2.45) is 5.92 Å². The molecule has 7 heteroatoms. The number of hydrogen-bond acceptors (Lipinski definition) is 6. The van der Waals surface area contributed by atoms with Crippen LogP contribution in [0.4, 0.5) is 0 Å².